The van der Waals surface area contributed by atoms with Crippen LogP contribution in [0, 0.1) is 0 Å². The first-order valence-electron chi connectivity index (χ1n) is 13.1. The third kappa shape index (κ3) is 6.41. The molecule has 2 unspecified atom stereocenters. The summed E-state index contributed by atoms with van der Waals surface area (Å²) in [6, 6.07) is 25.7. The molecule has 1 aliphatic rings. The van der Waals surface area contributed by atoms with E-state index in [1.807, 2.05) is 36.4 Å². The van der Waals surface area contributed by atoms with Crippen LogP contribution in [0.4, 0.5) is 4.79 Å². The van der Waals surface area contributed by atoms with Crippen molar-refractivity contribution in [2.75, 3.05) is 26.3 Å². The van der Waals surface area contributed by atoms with Gasteiger partial charge in [0.2, 0.25) is 0 Å². The molecule has 1 amide bonds. The molecule has 0 radical (unpaired) electrons. The molecule has 2 atom stereocenters. The smallest absolute Gasteiger partial charge is 0.407 e. The molecule has 8 nitrogen and oxygen atoms in total. The maximum Gasteiger partial charge on any atom is 0.407 e. The molecule has 1 fully saturated rings. The predicted octanol–water partition coefficient (Wildman–Crippen LogP) is 5.47. The second-order valence-electron chi connectivity index (χ2n) is 9.71. The molecule has 5 rings (SSSR count). The first kappa shape index (κ1) is 26.3. The molecule has 1 aliphatic heterocycles. The van der Waals surface area contributed by atoms with Crippen LogP contribution < -0.4 is 4.74 Å². The van der Waals surface area contributed by atoms with Crippen LogP contribution in [0.2, 0.25) is 0 Å². The number of carbonyl (C=O) groups excluding carboxylic acids is 1. The number of carboxylic acid groups (broad SMARTS) is 1. The number of rotatable bonds is 9. The van der Waals surface area contributed by atoms with Gasteiger partial charge in [0.05, 0.1) is 19.3 Å². The van der Waals surface area contributed by atoms with Crippen LogP contribution in [-0.4, -0.2) is 59.0 Å². The third-order valence-electron chi connectivity index (χ3n) is 7.15. The quantitative estimate of drug-likeness (QED) is 0.229. The molecule has 2 heterocycles. The van der Waals surface area contributed by atoms with Crippen molar-refractivity contribution in [3.8, 4) is 5.75 Å². The van der Waals surface area contributed by atoms with Gasteiger partial charge in [-0.25, -0.2) is 9.59 Å². The summed E-state index contributed by atoms with van der Waals surface area (Å²) >= 11 is 0. The number of hydrogen-bond acceptors (Lipinski definition) is 5. The van der Waals surface area contributed by atoms with Gasteiger partial charge in [-0.3, -0.25) is 0 Å². The minimum Gasteiger partial charge on any atom is -0.490 e. The van der Waals surface area contributed by atoms with Crippen LogP contribution in [0.3, 0.4) is 0 Å². The lowest BCUT2D eigenvalue weighted by Crippen LogP contribution is -2.46. The van der Waals surface area contributed by atoms with Gasteiger partial charge >= 0.3 is 12.1 Å². The minimum atomic E-state index is -0.927. The van der Waals surface area contributed by atoms with Gasteiger partial charge in [-0.05, 0) is 58.7 Å². The van der Waals surface area contributed by atoms with Crippen LogP contribution in [0.1, 0.15) is 34.0 Å². The Kier molecular flexibility index (Phi) is 8.13. The van der Waals surface area contributed by atoms with Gasteiger partial charge in [-0.1, -0.05) is 48.5 Å². The Balaban J connectivity index is 1.18. The second-order valence-corrected chi connectivity index (χ2v) is 9.71. The van der Waals surface area contributed by atoms with Crippen molar-refractivity contribution < 1.29 is 28.9 Å². The SMILES string of the molecule is Cn1cccc1C(=O)OCCOc1ccc(C2CCN(C(=O)O)CC2OCc2ccc3ccccc3c2)cc1. The Morgan fingerprint density at radius 2 is 1.74 bits per heavy atom. The lowest BCUT2D eigenvalue weighted by atomic mass is 9.87. The summed E-state index contributed by atoms with van der Waals surface area (Å²) in [4.78, 5) is 25.2. The molecule has 1 saturated heterocycles. The van der Waals surface area contributed by atoms with E-state index in [9.17, 15) is 14.7 Å². The lowest BCUT2D eigenvalue weighted by Gasteiger charge is -2.37. The van der Waals surface area contributed by atoms with Gasteiger partial charge in [0.25, 0.3) is 0 Å². The number of esters is 1. The lowest BCUT2D eigenvalue weighted by molar-refractivity contribution is -0.0199. The molecular weight excluding hydrogens is 496 g/mol. The largest absolute Gasteiger partial charge is 0.490 e. The summed E-state index contributed by atoms with van der Waals surface area (Å²) in [5, 5.41) is 11.9. The van der Waals surface area contributed by atoms with Crippen LogP contribution in [0.5, 0.6) is 5.75 Å². The number of aryl methyl sites for hydroxylation is 1. The second kappa shape index (κ2) is 12.0. The van der Waals surface area contributed by atoms with E-state index in [4.69, 9.17) is 14.2 Å². The van der Waals surface area contributed by atoms with Gasteiger partial charge in [-0.2, -0.15) is 0 Å². The molecular formula is C31H32N2O6. The molecule has 1 aromatic heterocycles. The first-order valence-corrected chi connectivity index (χ1v) is 13.1. The van der Waals surface area contributed by atoms with Crippen LogP contribution in [0.25, 0.3) is 10.8 Å². The molecule has 1 N–H and O–H groups in total. The summed E-state index contributed by atoms with van der Waals surface area (Å²) in [6.45, 7) is 1.56. The van der Waals surface area contributed by atoms with E-state index in [2.05, 4.69) is 30.3 Å². The van der Waals surface area contributed by atoms with Crippen molar-refractivity contribution >= 4 is 22.8 Å². The van der Waals surface area contributed by atoms with Crippen molar-refractivity contribution in [2.24, 2.45) is 7.05 Å². The highest BCUT2D eigenvalue weighted by atomic mass is 16.6. The van der Waals surface area contributed by atoms with Crippen molar-refractivity contribution in [2.45, 2.75) is 25.0 Å². The fourth-order valence-electron chi connectivity index (χ4n) is 5.02. The number of amides is 1. The minimum absolute atomic E-state index is 0.0568. The molecule has 202 valence electrons. The molecule has 0 spiro atoms. The number of fused-ring (bicyclic) bond motifs is 1. The predicted molar refractivity (Wildman–Crippen MR) is 147 cm³/mol. The Bertz CT molecular complexity index is 1430. The first-order chi connectivity index (χ1) is 19.0. The number of nitrogens with zero attached hydrogens (tertiary/aromatic N) is 2. The fourth-order valence-corrected chi connectivity index (χ4v) is 5.02. The molecule has 0 bridgehead atoms. The Labute approximate surface area is 227 Å². The van der Waals surface area contributed by atoms with Gasteiger partial charge in [0.15, 0.2) is 0 Å². The monoisotopic (exact) mass is 528 g/mol. The maximum atomic E-state index is 12.1. The topological polar surface area (TPSA) is 90.2 Å². The van der Waals surface area contributed by atoms with Gasteiger partial charge in [0.1, 0.15) is 24.7 Å². The normalized spacial score (nSPS) is 17.2. The fraction of sp³-hybridized carbons (Fsp3) is 0.290. The van der Waals surface area contributed by atoms with E-state index in [1.165, 1.54) is 10.3 Å². The average molecular weight is 529 g/mol. The highest BCUT2D eigenvalue weighted by Crippen LogP contribution is 2.32. The van der Waals surface area contributed by atoms with Crippen LogP contribution >= 0.6 is 0 Å². The van der Waals surface area contributed by atoms with E-state index < -0.39 is 6.09 Å². The van der Waals surface area contributed by atoms with Crippen molar-refractivity contribution in [3.05, 3.63) is 102 Å². The van der Waals surface area contributed by atoms with E-state index in [0.29, 0.717) is 37.6 Å². The van der Waals surface area contributed by atoms with Crippen molar-refractivity contribution in [1.29, 1.82) is 0 Å². The number of ether oxygens (including phenoxy) is 3. The van der Waals surface area contributed by atoms with Crippen molar-refractivity contribution in [1.82, 2.24) is 9.47 Å². The molecule has 39 heavy (non-hydrogen) atoms. The van der Waals surface area contributed by atoms with Gasteiger partial charge in [-0.15, -0.1) is 0 Å². The van der Waals surface area contributed by atoms with Crippen molar-refractivity contribution in [3.63, 3.8) is 0 Å². The average Bonchev–Trinajstić information content (AvgIpc) is 3.40. The molecule has 3 aromatic carbocycles. The number of hydrogen-bond donors (Lipinski definition) is 1. The van der Waals surface area contributed by atoms with E-state index in [0.717, 1.165) is 16.5 Å². The van der Waals surface area contributed by atoms with E-state index in [-0.39, 0.29) is 31.2 Å². The molecule has 0 aliphatic carbocycles. The molecule has 8 heteroatoms. The Hall–Kier alpha value is -4.30. The molecule has 0 saturated carbocycles. The van der Waals surface area contributed by atoms with Gasteiger partial charge < -0.3 is 28.8 Å². The highest BCUT2D eigenvalue weighted by molar-refractivity contribution is 5.87. The zero-order chi connectivity index (χ0) is 27.2. The summed E-state index contributed by atoms with van der Waals surface area (Å²) in [5.74, 6) is 0.343. The summed E-state index contributed by atoms with van der Waals surface area (Å²) < 4.78 is 19.1. The van der Waals surface area contributed by atoms with E-state index >= 15 is 0 Å². The van der Waals surface area contributed by atoms with E-state index in [1.54, 1.807) is 29.9 Å². The van der Waals surface area contributed by atoms with Crippen LogP contribution in [-0.2, 0) is 23.1 Å². The zero-order valence-corrected chi connectivity index (χ0v) is 21.9. The standard InChI is InChI=1S/C31H32N2O6/c1-32-15-4-7-28(32)30(34)38-18-17-37-26-12-10-24(11-13-26)27-14-16-33(31(35)36)20-29(27)39-21-22-8-9-23-5-2-3-6-25(23)19-22/h2-13,15,19,27,29H,14,16-18,20-21H2,1H3,(H,35,36). The molecule has 4 aromatic rings. The zero-order valence-electron chi connectivity index (χ0n) is 21.9. The summed E-state index contributed by atoms with van der Waals surface area (Å²) in [5.41, 5.74) is 2.62. The summed E-state index contributed by atoms with van der Waals surface area (Å²) in [6.07, 6.45) is 1.26. The number of aromatic nitrogens is 1. The number of benzene rings is 3. The maximum absolute atomic E-state index is 12.1. The Morgan fingerprint density at radius 1 is 0.949 bits per heavy atom. The number of likely N-dealkylation sites (tertiary alicyclic amines) is 1. The van der Waals surface area contributed by atoms with Crippen LogP contribution in [0.15, 0.2) is 85.1 Å². The summed E-state index contributed by atoms with van der Waals surface area (Å²) in [7, 11) is 1.79. The third-order valence-corrected chi connectivity index (χ3v) is 7.15. The highest BCUT2D eigenvalue weighted by Gasteiger charge is 2.33. The van der Waals surface area contributed by atoms with Gasteiger partial charge in [0, 0.05) is 25.7 Å². The number of piperidine rings is 1. The Morgan fingerprint density at radius 3 is 2.49 bits per heavy atom. The number of carbonyl (C=O) groups is 2.